The number of ether oxygens (including phenoxy) is 1. The van der Waals surface area contributed by atoms with E-state index >= 15 is 0 Å². The average molecular weight is 382 g/mol. The zero-order chi connectivity index (χ0) is 20.4. The molecule has 0 spiro atoms. The molecule has 0 aliphatic rings. The monoisotopic (exact) mass is 382 g/mol. The number of pyridine rings is 2. The van der Waals surface area contributed by atoms with Crippen LogP contribution in [0.4, 0.5) is 15.9 Å². The maximum absolute atomic E-state index is 14.3. The lowest BCUT2D eigenvalue weighted by atomic mass is 10.1. The van der Waals surface area contributed by atoms with E-state index < -0.39 is 17.3 Å². The molecule has 1 aromatic carbocycles. The fourth-order valence-electron chi connectivity index (χ4n) is 2.69. The van der Waals surface area contributed by atoms with Crippen LogP contribution >= 0.6 is 0 Å². The predicted octanol–water partition coefficient (Wildman–Crippen LogP) is 3.17. The van der Waals surface area contributed by atoms with Crippen molar-refractivity contribution in [2.45, 2.75) is 13.8 Å². The van der Waals surface area contributed by atoms with Crippen molar-refractivity contribution in [2.24, 2.45) is 12.8 Å². The van der Waals surface area contributed by atoms with Crippen molar-refractivity contribution in [1.82, 2.24) is 9.55 Å². The number of hydrogen-bond acceptors (Lipinski definition) is 5. The first kappa shape index (κ1) is 19.1. The van der Waals surface area contributed by atoms with Crippen molar-refractivity contribution in [3.05, 3.63) is 75.6 Å². The Morgan fingerprint density at radius 1 is 1.21 bits per heavy atom. The minimum absolute atomic E-state index is 0.0271. The van der Waals surface area contributed by atoms with E-state index in [4.69, 9.17) is 10.5 Å². The normalized spacial score (nSPS) is 10.6. The number of primary amides is 1. The lowest BCUT2D eigenvalue weighted by Gasteiger charge is -2.18. The first-order chi connectivity index (χ1) is 13.3. The van der Waals surface area contributed by atoms with Gasteiger partial charge in [-0.1, -0.05) is 6.07 Å². The summed E-state index contributed by atoms with van der Waals surface area (Å²) in [6.45, 7) is 3.48. The standard InChI is InChI=1S/C20H19FN4O3/c1-11-6-7-14(13(21)9-11)24-20-18(19(22)27)16(10-17(26)25(20)3)28-15-5-4-8-23-12(15)2/h4-10,24H,1-3H3,(H2,22,27). The van der Waals surface area contributed by atoms with Crippen LogP contribution in [0.2, 0.25) is 0 Å². The van der Waals surface area contributed by atoms with Crippen LogP contribution in [0.25, 0.3) is 0 Å². The molecule has 0 saturated heterocycles. The summed E-state index contributed by atoms with van der Waals surface area (Å²) in [5, 5.41) is 2.79. The average Bonchev–Trinajstić information content (AvgIpc) is 2.63. The number of anilines is 2. The highest BCUT2D eigenvalue weighted by molar-refractivity contribution is 6.01. The summed E-state index contributed by atoms with van der Waals surface area (Å²) in [7, 11) is 1.45. The molecule has 0 atom stereocenters. The third-order valence-corrected chi connectivity index (χ3v) is 4.21. The molecule has 1 amide bonds. The van der Waals surface area contributed by atoms with Crippen LogP contribution in [0.15, 0.2) is 47.4 Å². The molecular weight excluding hydrogens is 363 g/mol. The van der Waals surface area contributed by atoms with Gasteiger partial charge in [0.2, 0.25) is 0 Å². The second-order valence-electron chi connectivity index (χ2n) is 6.29. The van der Waals surface area contributed by atoms with Gasteiger partial charge in [-0.2, -0.15) is 0 Å². The number of carbonyl (C=O) groups excluding carboxylic acids is 1. The van der Waals surface area contributed by atoms with Gasteiger partial charge in [-0.15, -0.1) is 0 Å². The van der Waals surface area contributed by atoms with Gasteiger partial charge in [0.05, 0.1) is 11.4 Å². The molecule has 2 aromatic heterocycles. The number of aromatic nitrogens is 2. The van der Waals surface area contributed by atoms with Crippen LogP contribution in [0, 0.1) is 19.7 Å². The molecule has 0 fully saturated rings. The highest BCUT2D eigenvalue weighted by Crippen LogP contribution is 2.32. The van der Waals surface area contributed by atoms with Crippen LogP contribution in [0.5, 0.6) is 11.5 Å². The van der Waals surface area contributed by atoms with Gasteiger partial charge in [-0.25, -0.2) is 4.39 Å². The number of benzene rings is 1. The van der Waals surface area contributed by atoms with Crippen molar-refractivity contribution >= 4 is 17.4 Å². The molecule has 3 rings (SSSR count). The third-order valence-electron chi connectivity index (χ3n) is 4.21. The smallest absolute Gasteiger partial charge is 0.256 e. The van der Waals surface area contributed by atoms with Gasteiger partial charge in [-0.05, 0) is 43.7 Å². The lowest BCUT2D eigenvalue weighted by molar-refractivity contribution is 0.0998. The van der Waals surface area contributed by atoms with Gasteiger partial charge in [0.25, 0.3) is 11.5 Å². The second kappa shape index (κ2) is 7.51. The van der Waals surface area contributed by atoms with Crippen molar-refractivity contribution in [3.63, 3.8) is 0 Å². The van der Waals surface area contributed by atoms with Crippen molar-refractivity contribution in [3.8, 4) is 11.5 Å². The lowest BCUT2D eigenvalue weighted by Crippen LogP contribution is -2.25. The summed E-state index contributed by atoms with van der Waals surface area (Å²) in [6.07, 6.45) is 1.59. The Kier molecular flexibility index (Phi) is 5.12. The summed E-state index contributed by atoms with van der Waals surface area (Å²) in [5.41, 5.74) is 6.41. The number of carbonyl (C=O) groups is 1. The van der Waals surface area contributed by atoms with Crippen molar-refractivity contribution in [2.75, 3.05) is 5.32 Å². The highest BCUT2D eigenvalue weighted by atomic mass is 19.1. The molecule has 2 heterocycles. The second-order valence-corrected chi connectivity index (χ2v) is 6.29. The number of hydrogen-bond donors (Lipinski definition) is 2. The zero-order valence-corrected chi connectivity index (χ0v) is 15.6. The Morgan fingerprint density at radius 2 is 1.96 bits per heavy atom. The fraction of sp³-hybridized carbons (Fsp3) is 0.150. The number of rotatable bonds is 5. The van der Waals surface area contributed by atoms with Crippen LogP contribution in [0.3, 0.4) is 0 Å². The topological polar surface area (TPSA) is 99.2 Å². The zero-order valence-electron chi connectivity index (χ0n) is 15.6. The van der Waals surface area contributed by atoms with E-state index in [1.54, 1.807) is 38.2 Å². The summed E-state index contributed by atoms with van der Waals surface area (Å²) in [6, 6.07) is 9.02. The van der Waals surface area contributed by atoms with E-state index in [0.717, 1.165) is 11.6 Å². The Labute approximate surface area is 160 Å². The SMILES string of the molecule is Cc1ccc(Nc2c(C(N)=O)c(Oc3cccnc3C)cc(=O)n2C)c(F)c1. The molecule has 144 valence electrons. The van der Waals surface area contributed by atoms with Crippen LogP contribution in [0.1, 0.15) is 21.6 Å². The fourth-order valence-corrected chi connectivity index (χ4v) is 2.69. The quantitative estimate of drug-likeness (QED) is 0.706. The van der Waals surface area contributed by atoms with E-state index in [-0.39, 0.29) is 22.8 Å². The van der Waals surface area contributed by atoms with Crippen molar-refractivity contribution in [1.29, 1.82) is 0 Å². The Hall–Kier alpha value is -3.68. The van der Waals surface area contributed by atoms with Gasteiger partial charge >= 0.3 is 0 Å². The summed E-state index contributed by atoms with van der Waals surface area (Å²) < 4.78 is 21.2. The number of amides is 1. The maximum atomic E-state index is 14.3. The van der Waals surface area contributed by atoms with E-state index in [1.165, 1.54) is 23.7 Å². The first-order valence-corrected chi connectivity index (χ1v) is 8.44. The first-order valence-electron chi connectivity index (χ1n) is 8.44. The summed E-state index contributed by atoms with van der Waals surface area (Å²) in [4.78, 5) is 28.7. The minimum Gasteiger partial charge on any atom is -0.454 e. The summed E-state index contributed by atoms with van der Waals surface area (Å²) >= 11 is 0. The van der Waals surface area contributed by atoms with Gasteiger partial charge in [0, 0.05) is 19.3 Å². The molecule has 3 aromatic rings. The summed E-state index contributed by atoms with van der Waals surface area (Å²) in [5.74, 6) is -1.01. The number of nitrogens with one attached hydrogen (secondary N) is 1. The third kappa shape index (κ3) is 3.71. The van der Waals surface area contributed by atoms with Gasteiger partial charge < -0.3 is 15.8 Å². The Bertz CT molecular complexity index is 1120. The largest absolute Gasteiger partial charge is 0.454 e. The van der Waals surface area contributed by atoms with E-state index in [9.17, 15) is 14.0 Å². The van der Waals surface area contributed by atoms with Crippen molar-refractivity contribution < 1.29 is 13.9 Å². The Morgan fingerprint density at radius 3 is 2.61 bits per heavy atom. The molecule has 28 heavy (non-hydrogen) atoms. The molecule has 7 nitrogen and oxygen atoms in total. The van der Waals surface area contributed by atoms with E-state index in [2.05, 4.69) is 10.3 Å². The molecule has 0 radical (unpaired) electrons. The van der Waals surface area contributed by atoms with Gasteiger partial charge in [0.15, 0.2) is 0 Å². The minimum atomic E-state index is -0.831. The van der Waals surface area contributed by atoms with Crippen LogP contribution in [-0.2, 0) is 7.05 Å². The molecule has 0 unspecified atom stereocenters. The number of nitrogens with zero attached hydrogens (tertiary/aromatic N) is 2. The molecule has 3 N–H and O–H groups in total. The van der Waals surface area contributed by atoms with Gasteiger partial charge in [-0.3, -0.25) is 19.1 Å². The molecule has 0 aliphatic heterocycles. The van der Waals surface area contributed by atoms with Crippen LogP contribution < -0.4 is 21.3 Å². The van der Waals surface area contributed by atoms with E-state index in [0.29, 0.717) is 11.4 Å². The number of aryl methyl sites for hydroxylation is 2. The van der Waals surface area contributed by atoms with Gasteiger partial charge in [0.1, 0.15) is 28.7 Å². The Balaban J connectivity index is 2.16. The maximum Gasteiger partial charge on any atom is 0.256 e. The molecular formula is C20H19FN4O3. The number of nitrogens with two attached hydrogens (primary N) is 1. The van der Waals surface area contributed by atoms with E-state index in [1.807, 2.05) is 0 Å². The number of halogens is 1. The molecule has 0 bridgehead atoms. The molecule has 0 aliphatic carbocycles. The van der Waals surface area contributed by atoms with Crippen LogP contribution in [-0.4, -0.2) is 15.5 Å². The molecule has 0 saturated carbocycles. The molecule has 8 heteroatoms. The predicted molar refractivity (Wildman–Crippen MR) is 104 cm³/mol. The highest BCUT2D eigenvalue weighted by Gasteiger charge is 2.22.